The molecule has 1 atom stereocenters. The molecule has 0 bridgehead atoms. The van der Waals surface area contributed by atoms with Crippen LogP contribution in [0.4, 0.5) is 5.69 Å². The molecule has 2 nitrogen and oxygen atoms in total. The molecule has 0 amide bonds. The molecule has 1 unspecified atom stereocenters. The molecular formula is C15H21ClN2S. The van der Waals surface area contributed by atoms with Crippen molar-refractivity contribution in [1.82, 2.24) is 0 Å². The molecule has 1 heterocycles. The number of nitrogens with one attached hydrogen (secondary N) is 1. The number of aryl methyl sites for hydroxylation is 1. The fourth-order valence-electron chi connectivity index (χ4n) is 2.17. The van der Waals surface area contributed by atoms with Crippen LogP contribution < -0.4 is 5.32 Å². The zero-order valence-corrected chi connectivity index (χ0v) is 13.5. The van der Waals surface area contributed by atoms with Crippen LogP contribution in [0.5, 0.6) is 0 Å². The number of para-hydroxylation sites is 1. The molecule has 0 radical (unpaired) electrons. The summed E-state index contributed by atoms with van der Waals surface area (Å²) in [7, 11) is 0. The fraction of sp³-hybridized carbons (Fsp3) is 0.533. The van der Waals surface area contributed by atoms with Crippen molar-refractivity contribution in [1.29, 1.82) is 0 Å². The van der Waals surface area contributed by atoms with Crippen molar-refractivity contribution in [2.75, 3.05) is 11.9 Å². The lowest BCUT2D eigenvalue weighted by Gasteiger charge is -2.21. The van der Waals surface area contributed by atoms with Gasteiger partial charge in [-0.3, -0.25) is 4.99 Å². The molecule has 4 heteroatoms. The Kier molecular flexibility index (Phi) is 4.46. The topological polar surface area (TPSA) is 24.4 Å². The Labute approximate surface area is 125 Å². The van der Waals surface area contributed by atoms with Crippen LogP contribution in [0.15, 0.2) is 23.2 Å². The van der Waals surface area contributed by atoms with Crippen LogP contribution in [0.1, 0.15) is 32.8 Å². The summed E-state index contributed by atoms with van der Waals surface area (Å²) in [6.07, 6.45) is 1.17. The zero-order chi connectivity index (χ0) is 14.0. The maximum atomic E-state index is 6.22. The van der Waals surface area contributed by atoms with Crippen molar-refractivity contribution < 1.29 is 0 Å². The highest BCUT2D eigenvalue weighted by Crippen LogP contribution is 2.34. The highest BCUT2D eigenvalue weighted by atomic mass is 35.5. The quantitative estimate of drug-likeness (QED) is 0.833. The van der Waals surface area contributed by atoms with Gasteiger partial charge in [-0.25, -0.2) is 0 Å². The molecule has 1 aliphatic heterocycles. The second kappa shape index (κ2) is 5.76. The standard InChI is InChI=1S/C15H21ClN2S/c1-10-6-5-7-12(16)13(10)18-14-17-9-11(19-14)8-15(2,3)4/h5-7,11H,8-9H2,1-4H3,(H,17,18). The molecule has 0 spiro atoms. The Morgan fingerprint density at radius 1 is 1.42 bits per heavy atom. The van der Waals surface area contributed by atoms with Gasteiger partial charge >= 0.3 is 0 Å². The van der Waals surface area contributed by atoms with Crippen LogP contribution in [0.2, 0.25) is 5.02 Å². The molecule has 0 saturated carbocycles. The number of rotatable bonds is 2. The number of benzene rings is 1. The molecule has 2 rings (SSSR count). The Morgan fingerprint density at radius 3 is 2.79 bits per heavy atom. The van der Waals surface area contributed by atoms with Crippen LogP contribution in [0.3, 0.4) is 0 Å². The minimum atomic E-state index is 0.350. The number of anilines is 1. The van der Waals surface area contributed by atoms with E-state index in [2.05, 4.69) is 44.1 Å². The molecule has 1 aromatic carbocycles. The Morgan fingerprint density at radius 2 is 2.16 bits per heavy atom. The lowest BCUT2D eigenvalue weighted by molar-refractivity contribution is 0.375. The Balaban J connectivity index is 1.99. The number of nitrogens with zero attached hydrogens (tertiary/aromatic N) is 1. The van der Waals surface area contributed by atoms with E-state index in [0.717, 1.165) is 28.0 Å². The van der Waals surface area contributed by atoms with Gasteiger partial charge in [-0.1, -0.05) is 56.3 Å². The van der Waals surface area contributed by atoms with Gasteiger partial charge in [-0.05, 0) is 30.4 Å². The highest BCUT2D eigenvalue weighted by Gasteiger charge is 2.25. The molecule has 1 N–H and O–H groups in total. The maximum absolute atomic E-state index is 6.22. The first-order valence-corrected chi connectivity index (χ1v) is 7.84. The molecule has 0 aromatic heterocycles. The van der Waals surface area contributed by atoms with Crippen LogP contribution in [0, 0.1) is 12.3 Å². The van der Waals surface area contributed by atoms with E-state index in [1.54, 1.807) is 0 Å². The first-order valence-electron chi connectivity index (χ1n) is 6.58. The summed E-state index contributed by atoms with van der Waals surface area (Å²) in [5, 5.41) is 5.69. The average molecular weight is 297 g/mol. The highest BCUT2D eigenvalue weighted by molar-refractivity contribution is 8.15. The molecule has 0 aliphatic carbocycles. The van der Waals surface area contributed by atoms with E-state index >= 15 is 0 Å². The number of hydrogen-bond donors (Lipinski definition) is 1. The van der Waals surface area contributed by atoms with Gasteiger partial charge in [0.1, 0.15) is 0 Å². The lowest BCUT2D eigenvalue weighted by Crippen LogP contribution is -2.16. The Bertz CT molecular complexity index is 471. The maximum Gasteiger partial charge on any atom is 0.161 e. The van der Waals surface area contributed by atoms with Crippen LogP contribution in [-0.2, 0) is 0 Å². The Hall–Kier alpha value is -0.670. The number of amidine groups is 1. The second-order valence-corrected chi connectivity index (χ2v) is 7.90. The molecule has 19 heavy (non-hydrogen) atoms. The van der Waals surface area contributed by atoms with Crippen molar-refractivity contribution in [3.8, 4) is 0 Å². The van der Waals surface area contributed by atoms with Crippen molar-refractivity contribution in [3.05, 3.63) is 28.8 Å². The van der Waals surface area contributed by atoms with Crippen LogP contribution in [0.25, 0.3) is 0 Å². The number of thioether (sulfide) groups is 1. The van der Waals surface area contributed by atoms with Crippen LogP contribution >= 0.6 is 23.4 Å². The van der Waals surface area contributed by atoms with E-state index in [4.69, 9.17) is 11.6 Å². The molecular weight excluding hydrogens is 276 g/mol. The predicted octanol–water partition coefficient (Wildman–Crippen LogP) is 4.97. The summed E-state index contributed by atoms with van der Waals surface area (Å²) >= 11 is 8.05. The third-order valence-electron chi connectivity index (χ3n) is 3.01. The molecule has 0 fully saturated rings. The van der Waals surface area contributed by atoms with Gasteiger partial charge in [-0.15, -0.1) is 0 Å². The number of hydrogen-bond acceptors (Lipinski definition) is 3. The molecule has 1 aromatic rings. The van der Waals surface area contributed by atoms with Gasteiger partial charge in [-0.2, -0.15) is 0 Å². The SMILES string of the molecule is Cc1cccc(Cl)c1NC1=NCC(CC(C)(C)C)S1. The van der Waals surface area contributed by atoms with Crippen molar-refractivity contribution >= 4 is 34.2 Å². The summed E-state index contributed by atoms with van der Waals surface area (Å²) in [6, 6.07) is 5.93. The second-order valence-electron chi connectivity index (χ2n) is 6.21. The average Bonchev–Trinajstić information content (AvgIpc) is 2.69. The van der Waals surface area contributed by atoms with E-state index in [9.17, 15) is 0 Å². The third-order valence-corrected chi connectivity index (χ3v) is 4.43. The van der Waals surface area contributed by atoms with Gasteiger partial charge in [0.25, 0.3) is 0 Å². The van der Waals surface area contributed by atoms with E-state index in [-0.39, 0.29) is 0 Å². The minimum absolute atomic E-state index is 0.350. The fourth-order valence-corrected chi connectivity index (χ4v) is 3.80. The van der Waals surface area contributed by atoms with E-state index in [1.165, 1.54) is 6.42 Å². The summed E-state index contributed by atoms with van der Waals surface area (Å²) in [6.45, 7) is 9.78. The van der Waals surface area contributed by atoms with Gasteiger partial charge in [0.05, 0.1) is 17.3 Å². The molecule has 1 aliphatic rings. The van der Waals surface area contributed by atoms with Gasteiger partial charge < -0.3 is 5.32 Å². The summed E-state index contributed by atoms with van der Waals surface area (Å²) in [5.74, 6) is 0. The normalized spacial score (nSPS) is 19.4. The van der Waals surface area contributed by atoms with Crippen LogP contribution in [-0.4, -0.2) is 17.0 Å². The molecule has 104 valence electrons. The summed E-state index contributed by atoms with van der Waals surface area (Å²) in [4.78, 5) is 4.59. The summed E-state index contributed by atoms with van der Waals surface area (Å²) in [5.41, 5.74) is 2.48. The largest absolute Gasteiger partial charge is 0.334 e. The zero-order valence-electron chi connectivity index (χ0n) is 12.0. The van der Waals surface area contributed by atoms with E-state index in [1.807, 2.05) is 23.9 Å². The van der Waals surface area contributed by atoms with E-state index < -0.39 is 0 Å². The van der Waals surface area contributed by atoms with E-state index in [0.29, 0.717) is 10.7 Å². The number of aliphatic imine (C=N–C) groups is 1. The van der Waals surface area contributed by atoms with Gasteiger partial charge in [0.2, 0.25) is 0 Å². The molecule has 0 saturated heterocycles. The predicted molar refractivity (Wildman–Crippen MR) is 87.6 cm³/mol. The van der Waals surface area contributed by atoms with Crippen molar-refractivity contribution in [2.45, 2.75) is 39.4 Å². The smallest absolute Gasteiger partial charge is 0.161 e. The first-order chi connectivity index (χ1) is 8.85. The summed E-state index contributed by atoms with van der Waals surface area (Å²) < 4.78 is 0. The van der Waals surface area contributed by atoms with Crippen molar-refractivity contribution in [3.63, 3.8) is 0 Å². The van der Waals surface area contributed by atoms with Crippen molar-refractivity contribution in [2.24, 2.45) is 10.4 Å². The monoisotopic (exact) mass is 296 g/mol. The number of halogens is 1. The minimum Gasteiger partial charge on any atom is -0.334 e. The van der Waals surface area contributed by atoms with Gasteiger partial charge in [0.15, 0.2) is 5.17 Å². The third kappa shape index (κ3) is 4.15. The lowest BCUT2D eigenvalue weighted by atomic mass is 9.90. The first kappa shape index (κ1) is 14.7. The van der Waals surface area contributed by atoms with Gasteiger partial charge in [0, 0.05) is 5.25 Å².